The first-order valence-corrected chi connectivity index (χ1v) is 11.6. The predicted octanol–water partition coefficient (Wildman–Crippen LogP) is 5.91. The summed E-state index contributed by atoms with van der Waals surface area (Å²) in [5.41, 5.74) is 8.55. The fourth-order valence-electron chi connectivity index (χ4n) is 4.91. The second kappa shape index (κ2) is 6.91. The van der Waals surface area contributed by atoms with Crippen molar-refractivity contribution < 1.29 is 13.0 Å². The maximum Gasteiger partial charge on any atom is 0.294 e. The van der Waals surface area contributed by atoms with E-state index in [-0.39, 0.29) is 4.90 Å². The highest BCUT2D eigenvalue weighted by Gasteiger charge is 2.46. The van der Waals surface area contributed by atoms with Crippen LogP contribution >= 0.6 is 0 Å². The van der Waals surface area contributed by atoms with Crippen LogP contribution in [0.1, 0.15) is 33.4 Å². The van der Waals surface area contributed by atoms with Crippen molar-refractivity contribution in [2.75, 3.05) is 0 Å². The van der Waals surface area contributed by atoms with Crippen molar-refractivity contribution in [2.24, 2.45) is 0 Å². The zero-order chi connectivity index (χ0) is 21.8. The molecule has 4 aromatic rings. The summed E-state index contributed by atoms with van der Waals surface area (Å²) in [4.78, 5) is -0.105. The largest absolute Gasteiger partial charge is 0.294 e. The van der Waals surface area contributed by atoms with E-state index in [1.165, 1.54) is 34.4 Å². The molecule has 0 radical (unpaired) electrons. The van der Waals surface area contributed by atoms with Crippen LogP contribution in [0.15, 0.2) is 95.9 Å². The van der Waals surface area contributed by atoms with E-state index in [1.807, 2.05) is 30.3 Å². The zero-order valence-electron chi connectivity index (χ0n) is 17.3. The lowest BCUT2D eigenvalue weighted by Crippen LogP contribution is -2.28. The highest BCUT2D eigenvalue weighted by atomic mass is 32.2. The average molecular weight is 427 g/mol. The molecule has 1 aliphatic rings. The topological polar surface area (TPSA) is 54.4 Å². The molecular weight excluding hydrogens is 404 g/mol. The molecule has 4 heteroatoms. The third-order valence-electron chi connectivity index (χ3n) is 6.24. The Balaban J connectivity index is 1.93. The van der Waals surface area contributed by atoms with Gasteiger partial charge in [0.05, 0.1) is 10.3 Å². The van der Waals surface area contributed by atoms with Gasteiger partial charge in [-0.3, -0.25) is 4.55 Å². The minimum Gasteiger partial charge on any atom is -0.282 e. The summed E-state index contributed by atoms with van der Waals surface area (Å²) in [6.07, 6.45) is 0. The number of hydrogen-bond acceptors (Lipinski definition) is 2. The molecule has 0 fully saturated rings. The van der Waals surface area contributed by atoms with Crippen LogP contribution in [0.2, 0.25) is 0 Å². The Bertz CT molecular complexity index is 1350. The van der Waals surface area contributed by atoms with Gasteiger partial charge in [0.25, 0.3) is 10.1 Å². The zero-order valence-corrected chi connectivity index (χ0v) is 18.1. The Morgan fingerprint density at radius 2 is 1.13 bits per heavy atom. The van der Waals surface area contributed by atoms with E-state index in [2.05, 4.69) is 62.4 Å². The summed E-state index contributed by atoms with van der Waals surface area (Å²) < 4.78 is 32.8. The monoisotopic (exact) mass is 426 g/mol. The summed E-state index contributed by atoms with van der Waals surface area (Å²) in [5, 5.41) is 0. The van der Waals surface area contributed by atoms with Crippen LogP contribution in [0.3, 0.4) is 0 Å². The van der Waals surface area contributed by atoms with Gasteiger partial charge in [0.2, 0.25) is 0 Å². The van der Waals surface area contributed by atoms with E-state index >= 15 is 0 Å². The van der Waals surface area contributed by atoms with Gasteiger partial charge >= 0.3 is 0 Å². The molecule has 0 aliphatic heterocycles. The first-order valence-electron chi connectivity index (χ1n) is 10.2. The van der Waals surface area contributed by atoms with Crippen molar-refractivity contribution in [1.82, 2.24) is 0 Å². The van der Waals surface area contributed by atoms with Gasteiger partial charge in [0, 0.05) is 0 Å². The molecule has 31 heavy (non-hydrogen) atoms. The molecule has 4 aromatic carbocycles. The molecule has 1 N–H and O–H groups in total. The Morgan fingerprint density at radius 3 is 1.61 bits per heavy atom. The van der Waals surface area contributed by atoms with Gasteiger partial charge in [-0.1, -0.05) is 90.0 Å². The Labute approximate surface area is 182 Å². The van der Waals surface area contributed by atoms with Crippen molar-refractivity contribution in [2.45, 2.75) is 24.2 Å². The van der Waals surface area contributed by atoms with Crippen LogP contribution in [0.5, 0.6) is 0 Å². The number of benzene rings is 4. The van der Waals surface area contributed by atoms with E-state index in [0.717, 1.165) is 22.3 Å². The van der Waals surface area contributed by atoms with Gasteiger partial charge in [0.15, 0.2) is 0 Å². The second-order valence-corrected chi connectivity index (χ2v) is 9.64. The second-order valence-electron chi connectivity index (χ2n) is 8.21. The summed E-state index contributed by atoms with van der Waals surface area (Å²) >= 11 is 0. The minimum absolute atomic E-state index is 0.105. The highest BCUT2D eigenvalue weighted by Crippen LogP contribution is 2.56. The maximum absolute atomic E-state index is 11.7. The molecule has 154 valence electrons. The first-order chi connectivity index (χ1) is 14.8. The molecule has 3 nitrogen and oxygen atoms in total. The Hall–Kier alpha value is -3.21. The molecule has 0 bridgehead atoms. The lowest BCUT2D eigenvalue weighted by atomic mass is 9.67. The van der Waals surface area contributed by atoms with Crippen LogP contribution in [-0.4, -0.2) is 13.0 Å². The molecule has 0 heterocycles. The standard InChI is InChI=1S/C27H22O3S/c1-18-8-14-23-24-15-9-19(2)17-26(24)27(25(23)16-18,20-6-4-3-5-7-20)21-10-12-22(13-11-21)31(28,29)30/h3-17H,1-2H3,(H,28,29,30). The maximum atomic E-state index is 11.7. The minimum atomic E-state index is -4.26. The Kier molecular flexibility index (Phi) is 4.40. The summed E-state index contributed by atoms with van der Waals surface area (Å²) in [5.74, 6) is 0. The van der Waals surface area contributed by atoms with E-state index in [9.17, 15) is 13.0 Å². The average Bonchev–Trinajstić information content (AvgIpc) is 3.03. The van der Waals surface area contributed by atoms with Crippen molar-refractivity contribution >= 4 is 10.1 Å². The molecule has 5 rings (SSSR count). The quantitative estimate of drug-likeness (QED) is 0.365. The lowest BCUT2D eigenvalue weighted by Gasteiger charge is -2.34. The van der Waals surface area contributed by atoms with Gasteiger partial charge in [-0.15, -0.1) is 0 Å². The van der Waals surface area contributed by atoms with Crippen molar-refractivity contribution in [3.63, 3.8) is 0 Å². The summed E-state index contributed by atoms with van der Waals surface area (Å²) in [6, 6.07) is 30.0. The molecule has 1 aliphatic carbocycles. The van der Waals surface area contributed by atoms with Crippen molar-refractivity contribution in [3.8, 4) is 11.1 Å². The van der Waals surface area contributed by atoms with Gasteiger partial charge in [0.1, 0.15) is 0 Å². The predicted molar refractivity (Wildman–Crippen MR) is 123 cm³/mol. The fourth-order valence-corrected chi connectivity index (χ4v) is 5.39. The van der Waals surface area contributed by atoms with Crippen LogP contribution in [0.4, 0.5) is 0 Å². The lowest BCUT2D eigenvalue weighted by molar-refractivity contribution is 0.483. The number of aryl methyl sites for hydroxylation is 2. The van der Waals surface area contributed by atoms with Crippen LogP contribution in [0, 0.1) is 13.8 Å². The normalized spacial score (nSPS) is 14.2. The SMILES string of the molecule is Cc1ccc2c(c1)C(c1ccccc1)(c1ccc(S(=O)(=O)O)cc1)c1cc(C)ccc1-2. The van der Waals surface area contributed by atoms with E-state index in [1.54, 1.807) is 0 Å². The van der Waals surface area contributed by atoms with Gasteiger partial charge in [-0.05, 0) is 59.4 Å². The van der Waals surface area contributed by atoms with Crippen LogP contribution < -0.4 is 0 Å². The van der Waals surface area contributed by atoms with Gasteiger partial charge in [-0.25, -0.2) is 0 Å². The van der Waals surface area contributed by atoms with Crippen molar-refractivity contribution in [1.29, 1.82) is 0 Å². The third kappa shape index (κ3) is 2.94. The van der Waals surface area contributed by atoms with Gasteiger partial charge in [-0.2, -0.15) is 8.42 Å². The molecular formula is C27H22O3S. The summed E-state index contributed by atoms with van der Waals surface area (Å²) in [6.45, 7) is 4.18. The Morgan fingerprint density at radius 1 is 0.645 bits per heavy atom. The smallest absolute Gasteiger partial charge is 0.282 e. The van der Waals surface area contributed by atoms with Gasteiger partial charge < -0.3 is 0 Å². The number of rotatable bonds is 3. The van der Waals surface area contributed by atoms with Crippen LogP contribution in [0.25, 0.3) is 11.1 Å². The first kappa shape index (κ1) is 19.7. The highest BCUT2D eigenvalue weighted by molar-refractivity contribution is 7.85. The molecule has 0 unspecified atom stereocenters. The fraction of sp³-hybridized carbons (Fsp3) is 0.111. The van der Waals surface area contributed by atoms with E-state index in [4.69, 9.17) is 0 Å². The number of fused-ring (bicyclic) bond motifs is 3. The molecule has 0 saturated carbocycles. The molecule has 0 amide bonds. The van der Waals surface area contributed by atoms with Crippen LogP contribution in [-0.2, 0) is 15.5 Å². The molecule has 0 atom stereocenters. The van der Waals surface area contributed by atoms with Crippen molar-refractivity contribution in [3.05, 3.63) is 124 Å². The molecule has 0 aromatic heterocycles. The third-order valence-corrected chi connectivity index (χ3v) is 7.11. The molecule has 0 spiro atoms. The van der Waals surface area contributed by atoms with E-state index in [0.29, 0.717) is 0 Å². The molecule has 0 saturated heterocycles. The van der Waals surface area contributed by atoms with E-state index < -0.39 is 15.5 Å². The number of hydrogen-bond donors (Lipinski definition) is 1. The summed E-state index contributed by atoms with van der Waals surface area (Å²) in [7, 11) is -4.26.